The monoisotopic (exact) mass is 379 g/mol. The maximum absolute atomic E-state index is 12.4. The second-order valence-corrected chi connectivity index (χ2v) is 7.04. The Balaban J connectivity index is 1.95. The Kier molecular flexibility index (Phi) is 7.26. The maximum atomic E-state index is 12.4. The van der Waals surface area contributed by atoms with Crippen LogP contribution in [0.25, 0.3) is 0 Å². The average molecular weight is 380 g/mol. The first-order valence-electron chi connectivity index (χ1n) is 8.08. The zero-order chi connectivity index (χ0) is 18.4. The summed E-state index contributed by atoms with van der Waals surface area (Å²) < 4.78 is 0. The van der Waals surface area contributed by atoms with E-state index in [0.29, 0.717) is 22.3 Å². The molecule has 0 saturated carbocycles. The minimum Gasteiger partial charge on any atom is -0.325 e. The van der Waals surface area contributed by atoms with Crippen LogP contribution in [-0.2, 0) is 4.79 Å². The lowest BCUT2D eigenvalue weighted by Gasteiger charge is -2.26. The van der Waals surface area contributed by atoms with Gasteiger partial charge in [0.2, 0.25) is 5.91 Å². The van der Waals surface area contributed by atoms with Gasteiger partial charge < -0.3 is 15.5 Å². The van der Waals surface area contributed by atoms with E-state index in [9.17, 15) is 4.79 Å². The van der Waals surface area contributed by atoms with E-state index in [0.717, 1.165) is 0 Å². The third kappa shape index (κ3) is 6.01. The summed E-state index contributed by atoms with van der Waals surface area (Å²) in [7, 11) is 4.05. The van der Waals surface area contributed by atoms with Crippen molar-refractivity contribution in [1.29, 1.82) is 0 Å². The third-order valence-electron chi connectivity index (χ3n) is 3.95. The van der Waals surface area contributed by atoms with Gasteiger partial charge in [-0.3, -0.25) is 4.79 Å². The fourth-order valence-electron chi connectivity index (χ4n) is 2.53. The highest BCUT2D eigenvalue weighted by Gasteiger charge is 2.18. The van der Waals surface area contributed by atoms with Crippen LogP contribution in [0.1, 0.15) is 18.5 Å². The topological polar surface area (TPSA) is 44.4 Å². The molecule has 4 nitrogen and oxygen atoms in total. The largest absolute Gasteiger partial charge is 0.325 e. The number of rotatable bonds is 7. The summed E-state index contributed by atoms with van der Waals surface area (Å²) in [6.07, 6.45) is 0. The highest BCUT2D eigenvalue weighted by molar-refractivity contribution is 6.35. The van der Waals surface area contributed by atoms with Gasteiger partial charge in [0, 0.05) is 28.3 Å². The predicted octanol–water partition coefficient (Wildman–Crippen LogP) is 4.21. The molecule has 6 heteroatoms. The van der Waals surface area contributed by atoms with Crippen molar-refractivity contribution in [3.05, 3.63) is 64.1 Å². The van der Waals surface area contributed by atoms with Gasteiger partial charge >= 0.3 is 0 Å². The molecule has 2 aromatic carbocycles. The van der Waals surface area contributed by atoms with E-state index in [-0.39, 0.29) is 18.0 Å². The van der Waals surface area contributed by atoms with Crippen molar-refractivity contribution >= 4 is 34.8 Å². The van der Waals surface area contributed by atoms with Gasteiger partial charge in [-0.2, -0.15) is 0 Å². The Bertz CT molecular complexity index is 687. The molecule has 25 heavy (non-hydrogen) atoms. The fraction of sp³-hybridized carbons (Fsp3) is 0.316. The lowest BCUT2D eigenvalue weighted by molar-refractivity contribution is -0.117. The molecular weight excluding hydrogens is 357 g/mol. The summed E-state index contributed by atoms with van der Waals surface area (Å²) in [5.41, 5.74) is 1.79. The SMILES string of the molecule is C[C@@H](NC[C@H](c1ccccc1)N(C)C)C(=O)Nc1cc(Cl)cc(Cl)c1. The van der Waals surface area contributed by atoms with Crippen LogP contribution in [0.2, 0.25) is 10.0 Å². The Labute approximate surface area is 159 Å². The Morgan fingerprint density at radius 3 is 2.24 bits per heavy atom. The molecule has 0 aromatic heterocycles. The lowest BCUT2D eigenvalue weighted by atomic mass is 10.1. The molecule has 0 aliphatic rings. The van der Waals surface area contributed by atoms with Gasteiger partial charge in [-0.15, -0.1) is 0 Å². The number of benzene rings is 2. The molecule has 1 amide bonds. The molecule has 0 aliphatic carbocycles. The quantitative estimate of drug-likeness (QED) is 0.756. The van der Waals surface area contributed by atoms with E-state index in [1.807, 2.05) is 39.2 Å². The van der Waals surface area contributed by atoms with Crippen LogP contribution in [0, 0.1) is 0 Å². The van der Waals surface area contributed by atoms with Gasteiger partial charge in [0.25, 0.3) is 0 Å². The number of halogens is 2. The number of carbonyl (C=O) groups excluding carboxylic acids is 1. The van der Waals surface area contributed by atoms with Crippen molar-refractivity contribution in [3.63, 3.8) is 0 Å². The molecule has 0 saturated heterocycles. The highest BCUT2D eigenvalue weighted by Crippen LogP contribution is 2.22. The van der Waals surface area contributed by atoms with Gasteiger partial charge in [0.1, 0.15) is 0 Å². The molecule has 0 spiro atoms. The van der Waals surface area contributed by atoms with Gasteiger partial charge in [-0.1, -0.05) is 53.5 Å². The molecule has 0 unspecified atom stereocenters. The standard InChI is InChI=1S/C19H23Cl2N3O/c1-13(19(25)23-17-10-15(20)9-16(21)11-17)22-12-18(24(2)3)14-7-5-4-6-8-14/h4-11,13,18,22H,12H2,1-3H3,(H,23,25)/t13-,18-/m1/s1. The maximum Gasteiger partial charge on any atom is 0.241 e. The van der Waals surface area contributed by atoms with Crippen molar-refractivity contribution in [2.75, 3.05) is 26.0 Å². The summed E-state index contributed by atoms with van der Waals surface area (Å²) in [4.78, 5) is 14.5. The molecule has 0 radical (unpaired) electrons. The van der Waals surface area contributed by atoms with Crippen LogP contribution in [0.3, 0.4) is 0 Å². The van der Waals surface area contributed by atoms with Crippen LogP contribution < -0.4 is 10.6 Å². The number of likely N-dealkylation sites (N-methyl/N-ethyl adjacent to an activating group) is 1. The molecule has 0 heterocycles. The van der Waals surface area contributed by atoms with E-state index in [1.165, 1.54) is 5.56 Å². The molecule has 2 atom stereocenters. The van der Waals surface area contributed by atoms with E-state index < -0.39 is 0 Å². The second kappa shape index (κ2) is 9.20. The highest BCUT2D eigenvalue weighted by atomic mass is 35.5. The number of amides is 1. The molecule has 2 aromatic rings. The number of hydrogen-bond donors (Lipinski definition) is 2. The molecule has 0 fully saturated rings. The minimum atomic E-state index is -0.357. The van der Waals surface area contributed by atoms with Gasteiger partial charge in [-0.05, 0) is 44.8 Å². The number of anilines is 1. The predicted molar refractivity (Wildman–Crippen MR) is 105 cm³/mol. The van der Waals surface area contributed by atoms with Crippen LogP contribution in [0.15, 0.2) is 48.5 Å². The zero-order valence-electron chi connectivity index (χ0n) is 14.6. The average Bonchev–Trinajstić information content (AvgIpc) is 2.54. The molecule has 2 rings (SSSR count). The lowest BCUT2D eigenvalue weighted by Crippen LogP contribution is -2.42. The van der Waals surface area contributed by atoms with Crippen molar-refractivity contribution in [2.24, 2.45) is 0 Å². The van der Waals surface area contributed by atoms with Crippen LogP contribution in [0.5, 0.6) is 0 Å². The third-order valence-corrected chi connectivity index (χ3v) is 4.38. The Morgan fingerprint density at radius 1 is 1.08 bits per heavy atom. The van der Waals surface area contributed by atoms with Crippen LogP contribution in [0.4, 0.5) is 5.69 Å². The fourth-order valence-corrected chi connectivity index (χ4v) is 3.06. The van der Waals surface area contributed by atoms with Gasteiger partial charge in [-0.25, -0.2) is 0 Å². The van der Waals surface area contributed by atoms with Crippen LogP contribution >= 0.6 is 23.2 Å². The zero-order valence-corrected chi connectivity index (χ0v) is 16.1. The van der Waals surface area contributed by atoms with Crippen molar-refractivity contribution < 1.29 is 4.79 Å². The summed E-state index contributed by atoms with van der Waals surface area (Å²) in [5, 5.41) is 7.10. The second-order valence-electron chi connectivity index (χ2n) is 6.17. The molecule has 2 N–H and O–H groups in total. The molecular formula is C19H23Cl2N3O. The van der Waals surface area contributed by atoms with Crippen molar-refractivity contribution in [1.82, 2.24) is 10.2 Å². The van der Waals surface area contributed by atoms with Crippen molar-refractivity contribution in [2.45, 2.75) is 19.0 Å². The first-order chi connectivity index (χ1) is 11.9. The number of hydrogen-bond acceptors (Lipinski definition) is 3. The first kappa shape index (κ1) is 19.7. The summed E-state index contributed by atoms with van der Waals surface area (Å²) >= 11 is 11.9. The van der Waals surface area contributed by atoms with Crippen molar-refractivity contribution in [3.8, 4) is 0 Å². The van der Waals surface area contributed by atoms with Gasteiger partial charge in [0.15, 0.2) is 0 Å². The smallest absolute Gasteiger partial charge is 0.241 e. The van der Waals surface area contributed by atoms with E-state index in [1.54, 1.807) is 18.2 Å². The van der Waals surface area contributed by atoms with E-state index in [4.69, 9.17) is 23.2 Å². The summed E-state index contributed by atoms with van der Waals surface area (Å²) in [5.74, 6) is -0.135. The molecule has 134 valence electrons. The van der Waals surface area contributed by atoms with Gasteiger partial charge in [0.05, 0.1) is 6.04 Å². The summed E-state index contributed by atoms with van der Waals surface area (Å²) in [6.45, 7) is 2.49. The molecule has 0 aliphatic heterocycles. The summed E-state index contributed by atoms with van der Waals surface area (Å²) in [6, 6.07) is 15.0. The van der Waals surface area contributed by atoms with E-state index >= 15 is 0 Å². The number of carbonyl (C=O) groups is 1. The van der Waals surface area contributed by atoms with Crippen LogP contribution in [-0.4, -0.2) is 37.5 Å². The normalized spacial score (nSPS) is 13.5. The first-order valence-corrected chi connectivity index (χ1v) is 8.84. The Morgan fingerprint density at radius 2 is 1.68 bits per heavy atom. The number of nitrogens with one attached hydrogen (secondary N) is 2. The van der Waals surface area contributed by atoms with E-state index in [2.05, 4.69) is 27.7 Å². The minimum absolute atomic E-state index is 0.135. The number of nitrogens with zero attached hydrogens (tertiary/aromatic N) is 1. The Hall–Kier alpha value is -1.59. The molecule has 0 bridgehead atoms.